The van der Waals surface area contributed by atoms with Crippen molar-refractivity contribution in [2.45, 2.75) is 45.1 Å². The highest BCUT2D eigenvalue weighted by Crippen LogP contribution is 2.21. The fraction of sp³-hybridized carbons (Fsp3) is 1.00. The molecule has 1 unspecified atom stereocenters. The maximum Gasteiger partial charge on any atom is 0.0190 e. The van der Waals surface area contributed by atoms with Crippen molar-refractivity contribution in [1.82, 2.24) is 9.80 Å². The van der Waals surface area contributed by atoms with Gasteiger partial charge in [0.2, 0.25) is 0 Å². The van der Waals surface area contributed by atoms with Crippen LogP contribution in [-0.2, 0) is 0 Å². The van der Waals surface area contributed by atoms with Gasteiger partial charge in [-0.3, -0.25) is 4.90 Å². The van der Waals surface area contributed by atoms with Gasteiger partial charge in [-0.05, 0) is 64.7 Å². The molecular weight excluding hydrogens is 210 g/mol. The fourth-order valence-electron chi connectivity index (χ4n) is 3.23. The molecule has 2 saturated heterocycles. The van der Waals surface area contributed by atoms with Gasteiger partial charge < -0.3 is 10.6 Å². The summed E-state index contributed by atoms with van der Waals surface area (Å²) in [5.74, 6) is 0.939. The lowest BCUT2D eigenvalue weighted by atomic mass is 9.94. The standard InChI is InChI=1S/C14H29N3/c1-13(11-15)17-9-5-14(6-10-17)12-16-7-3-2-4-8-16/h13-14H,2-12,15H2,1H3. The molecule has 0 aromatic rings. The van der Waals surface area contributed by atoms with Gasteiger partial charge in [-0.2, -0.15) is 0 Å². The van der Waals surface area contributed by atoms with Crippen LogP contribution in [0.5, 0.6) is 0 Å². The second-order valence-corrected chi connectivity index (χ2v) is 5.93. The predicted molar refractivity (Wildman–Crippen MR) is 73.1 cm³/mol. The Morgan fingerprint density at radius 3 is 2.29 bits per heavy atom. The number of piperidine rings is 2. The van der Waals surface area contributed by atoms with E-state index in [1.807, 2.05) is 0 Å². The second kappa shape index (κ2) is 6.72. The minimum absolute atomic E-state index is 0.575. The van der Waals surface area contributed by atoms with E-state index in [1.54, 1.807) is 0 Å². The molecule has 3 heteroatoms. The number of hydrogen-bond donors (Lipinski definition) is 1. The van der Waals surface area contributed by atoms with Crippen LogP contribution in [0.2, 0.25) is 0 Å². The van der Waals surface area contributed by atoms with Crippen LogP contribution in [0.15, 0.2) is 0 Å². The molecule has 2 heterocycles. The molecule has 2 aliphatic heterocycles. The summed E-state index contributed by atoms with van der Waals surface area (Å²) in [6.07, 6.45) is 7.04. The summed E-state index contributed by atoms with van der Waals surface area (Å²) >= 11 is 0. The lowest BCUT2D eigenvalue weighted by Crippen LogP contribution is -2.45. The van der Waals surface area contributed by atoms with Gasteiger partial charge in [0, 0.05) is 19.1 Å². The van der Waals surface area contributed by atoms with Crippen molar-refractivity contribution < 1.29 is 0 Å². The highest BCUT2D eigenvalue weighted by atomic mass is 15.2. The van der Waals surface area contributed by atoms with Crippen molar-refractivity contribution in [2.24, 2.45) is 11.7 Å². The third kappa shape index (κ3) is 3.94. The Labute approximate surface area is 106 Å². The average molecular weight is 239 g/mol. The van der Waals surface area contributed by atoms with E-state index in [4.69, 9.17) is 5.73 Å². The van der Waals surface area contributed by atoms with Gasteiger partial charge in [0.05, 0.1) is 0 Å². The molecule has 0 bridgehead atoms. The van der Waals surface area contributed by atoms with Crippen LogP contribution in [0.1, 0.15) is 39.0 Å². The minimum Gasteiger partial charge on any atom is -0.329 e. The fourth-order valence-corrected chi connectivity index (χ4v) is 3.23. The van der Waals surface area contributed by atoms with Gasteiger partial charge in [0.25, 0.3) is 0 Å². The van der Waals surface area contributed by atoms with E-state index in [2.05, 4.69) is 16.7 Å². The van der Waals surface area contributed by atoms with Crippen LogP contribution in [0.25, 0.3) is 0 Å². The largest absolute Gasteiger partial charge is 0.329 e. The quantitative estimate of drug-likeness (QED) is 0.807. The average Bonchev–Trinajstić information content (AvgIpc) is 2.40. The molecule has 0 aliphatic carbocycles. The van der Waals surface area contributed by atoms with Gasteiger partial charge in [0.15, 0.2) is 0 Å². The summed E-state index contributed by atoms with van der Waals surface area (Å²) < 4.78 is 0. The van der Waals surface area contributed by atoms with Crippen LogP contribution in [0, 0.1) is 5.92 Å². The summed E-state index contributed by atoms with van der Waals surface area (Å²) in [6, 6.07) is 0.575. The lowest BCUT2D eigenvalue weighted by Gasteiger charge is -2.38. The van der Waals surface area contributed by atoms with Crippen molar-refractivity contribution in [3.63, 3.8) is 0 Å². The van der Waals surface area contributed by atoms with Crippen LogP contribution >= 0.6 is 0 Å². The normalized spacial score (nSPS) is 27.2. The Morgan fingerprint density at radius 1 is 1.06 bits per heavy atom. The molecule has 17 heavy (non-hydrogen) atoms. The molecule has 0 spiro atoms. The van der Waals surface area contributed by atoms with Gasteiger partial charge in [-0.15, -0.1) is 0 Å². The first-order valence-electron chi connectivity index (χ1n) is 7.46. The zero-order valence-electron chi connectivity index (χ0n) is 11.4. The van der Waals surface area contributed by atoms with Crippen molar-refractivity contribution in [1.29, 1.82) is 0 Å². The van der Waals surface area contributed by atoms with Crippen molar-refractivity contribution in [3.8, 4) is 0 Å². The van der Waals surface area contributed by atoms with E-state index >= 15 is 0 Å². The number of rotatable bonds is 4. The molecular formula is C14H29N3. The molecule has 0 radical (unpaired) electrons. The van der Waals surface area contributed by atoms with E-state index in [9.17, 15) is 0 Å². The van der Waals surface area contributed by atoms with Crippen molar-refractivity contribution in [2.75, 3.05) is 39.3 Å². The molecule has 0 aromatic carbocycles. The zero-order chi connectivity index (χ0) is 12.1. The molecule has 0 saturated carbocycles. The maximum atomic E-state index is 5.74. The van der Waals surface area contributed by atoms with Crippen LogP contribution < -0.4 is 5.73 Å². The van der Waals surface area contributed by atoms with Gasteiger partial charge >= 0.3 is 0 Å². The number of nitrogens with zero attached hydrogens (tertiary/aromatic N) is 2. The first-order chi connectivity index (χ1) is 8.29. The van der Waals surface area contributed by atoms with Crippen LogP contribution in [-0.4, -0.2) is 55.1 Å². The minimum atomic E-state index is 0.575. The summed E-state index contributed by atoms with van der Waals surface area (Å²) in [6.45, 7) is 9.62. The Morgan fingerprint density at radius 2 is 1.71 bits per heavy atom. The lowest BCUT2D eigenvalue weighted by molar-refractivity contribution is 0.111. The van der Waals surface area contributed by atoms with Crippen molar-refractivity contribution in [3.05, 3.63) is 0 Å². The second-order valence-electron chi connectivity index (χ2n) is 5.93. The van der Waals surface area contributed by atoms with Crippen LogP contribution in [0.3, 0.4) is 0 Å². The third-order valence-electron chi connectivity index (χ3n) is 4.58. The van der Waals surface area contributed by atoms with E-state index in [0.717, 1.165) is 12.5 Å². The molecule has 1 atom stereocenters. The smallest absolute Gasteiger partial charge is 0.0190 e. The molecule has 3 nitrogen and oxygen atoms in total. The summed E-state index contributed by atoms with van der Waals surface area (Å²) in [5.41, 5.74) is 5.74. The molecule has 0 amide bonds. The maximum absolute atomic E-state index is 5.74. The summed E-state index contributed by atoms with van der Waals surface area (Å²) in [7, 11) is 0. The monoisotopic (exact) mass is 239 g/mol. The van der Waals surface area contributed by atoms with Crippen LogP contribution in [0.4, 0.5) is 0 Å². The Hall–Kier alpha value is -0.120. The highest BCUT2D eigenvalue weighted by Gasteiger charge is 2.23. The topological polar surface area (TPSA) is 32.5 Å². The van der Waals surface area contributed by atoms with E-state index in [1.165, 1.54) is 64.8 Å². The Balaban J connectivity index is 1.67. The molecule has 2 N–H and O–H groups in total. The summed E-state index contributed by atoms with van der Waals surface area (Å²) in [5, 5.41) is 0. The van der Waals surface area contributed by atoms with Crippen molar-refractivity contribution >= 4 is 0 Å². The van der Waals surface area contributed by atoms with E-state index in [0.29, 0.717) is 6.04 Å². The Bertz CT molecular complexity index is 206. The Kier molecular flexibility index (Phi) is 5.26. The number of hydrogen-bond acceptors (Lipinski definition) is 3. The van der Waals surface area contributed by atoms with Gasteiger partial charge in [0.1, 0.15) is 0 Å². The van der Waals surface area contributed by atoms with E-state index in [-0.39, 0.29) is 0 Å². The molecule has 2 aliphatic rings. The molecule has 0 aromatic heterocycles. The number of likely N-dealkylation sites (tertiary alicyclic amines) is 2. The molecule has 2 rings (SSSR count). The summed E-state index contributed by atoms with van der Waals surface area (Å²) in [4.78, 5) is 5.25. The SMILES string of the molecule is CC(CN)N1CCC(CN2CCCCC2)CC1. The van der Waals surface area contributed by atoms with E-state index < -0.39 is 0 Å². The van der Waals surface area contributed by atoms with Gasteiger partial charge in [-0.1, -0.05) is 6.42 Å². The first-order valence-corrected chi connectivity index (χ1v) is 7.46. The third-order valence-corrected chi connectivity index (χ3v) is 4.58. The molecule has 100 valence electrons. The van der Waals surface area contributed by atoms with Gasteiger partial charge in [-0.25, -0.2) is 0 Å². The first kappa shape index (κ1) is 13.3. The predicted octanol–water partition coefficient (Wildman–Crippen LogP) is 1.53. The highest BCUT2D eigenvalue weighted by molar-refractivity contribution is 4.79. The number of nitrogens with two attached hydrogens (primary N) is 1. The zero-order valence-corrected chi connectivity index (χ0v) is 11.4. The molecule has 2 fully saturated rings.